The Morgan fingerprint density at radius 1 is 1.38 bits per heavy atom. The summed E-state index contributed by atoms with van der Waals surface area (Å²) in [6.07, 6.45) is 2.48. The van der Waals surface area contributed by atoms with Crippen molar-refractivity contribution in [2.75, 3.05) is 11.9 Å². The van der Waals surface area contributed by atoms with Gasteiger partial charge < -0.3 is 15.7 Å². The van der Waals surface area contributed by atoms with Crippen LogP contribution in [0.15, 0.2) is 18.3 Å². The number of hydrogen-bond donors (Lipinski definition) is 3. The third-order valence-electron chi connectivity index (χ3n) is 3.07. The van der Waals surface area contributed by atoms with Gasteiger partial charge in [0.05, 0.1) is 11.4 Å². The third kappa shape index (κ3) is 6.74. The topological polar surface area (TPSA) is 91.3 Å². The first-order valence-electron chi connectivity index (χ1n) is 7.06. The van der Waals surface area contributed by atoms with Crippen molar-refractivity contribution in [2.24, 2.45) is 11.8 Å². The van der Waals surface area contributed by atoms with Crippen molar-refractivity contribution in [1.82, 2.24) is 10.3 Å². The predicted octanol–water partition coefficient (Wildman–Crippen LogP) is 2.65. The number of carbonyl (C=O) groups is 2. The first-order valence-corrected chi connectivity index (χ1v) is 7.06. The van der Waals surface area contributed by atoms with E-state index in [2.05, 4.69) is 15.6 Å². The van der Waals surface area contributed by atoms with E-state index in [1.54, 1.807) is 18.3 Å². The summed E-state index contributed by atoms with van der Waals surface area (Å²) in [7, 11) is 0. The molecule has 0 aliphatic heterocycles. The van der Waals surface area contributed by atoms with E-state index >= 15 is 0 Å². The van der Waals surface area contributed by atoms with Crippen LogP contribution in [0.5, 0.6) is 0 Å². The maximum Gasteiger partial charge on any atom is 0.319 e. The highest BCUT2D eigenvalue weighted by Gasteiger charge is 2.16. The Balaban J connectivity index is 2.49. The minimum Gasteiger partial charge on any atom is -0.481 e. The predicted molar refractivity (Wildman–Crippen MR) is 81.2 cm³/mol. The van der Waals surface area contributed by atoms with E-state index in [-0.39, 0.29) is 18.4 Å². The summed E-state index contributed by atoms with van der Waals surface area (Å²) in [4.78, 5) is 26.8. The van der Waals surface area contributed by atoms with Crippen LogP contribution < -0.4 is 10.6 Å². The van der Waals surface area contributed by atoms with Gasteiger partial charge in [-0.2, -0.15) is 0 Å². The smallest absolute Gasteiger partial charge is 0.319 e. The molecule has 2 amide bonds. The quantitative estimate of drug-likeness (QED) is 0.720. The molecule has 116 valence electrons. The number of rotatable bonds is 7. The van der Waals surface area contributed by atoms with E-state index in [0.717, 1.165) is 12.1 Å². The summed E-state index contributed by atoms with van der Waals surface area (Å²) in [5, 5.41) is 14.3. The number of carboxylic acids is 1. The molecule has 1 atom stereocenters. The summed E-state index contributed by atoms with van der Waals surface area (Å²) in [5.41, 5.74) is 1.38. The molecule has 0 aromatic carbocycles. The Kier molecular flexibility index (Phi) is 6.65. The van der Waals surface area contributed by atoms with Crippen LogP contribution in [0.2, 0.25) is 0 Å². The lowest BCUT2D eigenvalue weighted by atomic mass is 9.94. The zero-order chi connectivity index (χ0) is 15.8. The molecule has 1 unspecified atom stereocenters. The van der Waals surface area contributed by atoms with Crippen molar-refractivity contribution >= 4 is 17.7 Å². The molecule has 1 aromatic rings. The van der Waals surface area contributed by atoms with Crippen LogP contribution in [-0.4, -0.2) is 28.6 Å². The second-order valence-corrected chi connectivity index (χ2v) is 5.56. The van der Waals surface area contributed by atoms with Crippen molar-refractivity contribution in [2.45, 2.75) is 33.6 Å². The van der Waals surface area contributed by atoms with Gasteiger partial charge >= 0.3 is 12.0 Å². The number of aliphatic carboxylic acids is 1. The van der Waals surface area contributed by atoms with Gasteiger partial charge in [0.2, 0.25) is 0 Å². The molecule has 0 radical (unpaired) electrons. The largest absolute Gasteiger partial charge is 0.481 e. The highest BCUT2D eigenvalue weighted by Crippen LogP contribution is 2.15. The van der Waals surface area contributed by atoms with Crippen molar-refractivity contribution < 1.29 is 14.7 Å². The summed E-state index contributed by atoms with van der Waals surface area (Å²) < 4.78 is 0. The van der Waals surface area contributed by atoms with Gasteiger partial charge in [0.15, 0.2) is 0 Å². The van der Waals surface area contributed by atoms with Gasteiger partial charge in [-0.1, -0.05) is 13.8 Å². The molecule has 0 aliphatic rings. The van der Waals surface area contributed by atoms with E-state index in [0.29, 0.717) is 18.2 Å². The maximum absolute atomic E-state index is 11.8. The molecule has 1 heterocycles. The Bertz CT molecular complexity index is 489. The number of carboxylic acid groups (broad SMARTS) is 1. The molecular formula is C15H23N3O3. The fraction of sp³-hybridized carbons (Fsp3) is 0.533. The van der Waals surface area contributed by atoms with E-state index in [1.165, 1.54) is 0 Å². The number of pyridine rings is 1. The van der Waals surface area contributed by atoms with Crippen LogP contribution in [-0.2, 0) is 4.79 Å². The average Bonchev–Trinajstić information content (AvgIpc) is 2.37. The monoisotopic (exact) mass is 293 g/mol. The average molecular weight is 293 g/mol. The lowest BCUT2D eigenvalue weighted by Crippen LogP contribution is -2.34. The summed E-state index contributed by atoms with van der Waals surface area (Å²) >= 11 is 0. The first-order chi connectivity index (χ1) is 9.88. The van der Waals surface area contributed by atoms with Gasteiger partial charge in [-0.05, 0) is 37.3 Å². The number of carbonyl (C=O) groups excluding carboxylic acids is 1. The molecule has 0 saturated heterocycles. The molecule has 0 bridgehead atoms. The van der Waals surface area contributed by atoms with E-state index in [1.807, 2.05) is 20.8 Å². The molecule has 0 saturated carbocycles. The van der Waals surface area contributed by atoms with Gasteiger partial charge in [-0.3, -0.25) is 9.78 Å². The van der Waals surface area contributed by atoms with E-state index < -0.39 is 5.97 Å². The van der Waals surface area contributed by atoms with Crippen molar-refractivity contribution in [3.63, 3.8) is 0 Å². The highest BCUT2D eigenvalue weighted by atomic mass is 16.4. The number of nitrogens with zero attached hydrogens (tertiary/aromatic N) is 1. The number of amides is 2. The Labute approximate surface area is 125 Å². The molecular weight excluding hydrogens is 270 g/mol. The van der Waals surface area contributed by atoms with E-state index in [9.17, 15) is 9.59 Å². The standard InChI is InChI=1S/C15H23N3O3/c1-10(2)7-12(8-14(19)20)9-17-15(21)18-13-5-4-6-16-11(13)3/h4-6,10,12H,7-9H2,1-3H3,(H,19,20)(H2,17,18,21). The van der Waals surface area contributed by atoms with Crippen LogP contribution in [0.3, 0.4) is 0 Å². The molecule has 6 nitrogen and oxygen atoms in total. The first kappa shape index (κ1) is 16.9. The fourth-order valence-corrected chi connectivity index (χ4v) is 2.17. The number of aryl methyl sites for hydroxylation is 1. The summed E-state index contributed by atoms with van der Waals surface area (Å²) in [5.74, 6) is -0.519. The van der Waals surface area contributed by atoms with Gasteiger partial charge in [0, 0.05) is 19.2 Å². The number of nitrogens with one attached hydrogen (secondary N) is 2. The zero-order valence-electron chi connectivity index (χ0n) is 12.7. The lowest BCUT2D eigenvalue weighted by Gasteiger charge is -2.18. The highest BCUT2D eigenvalue weighted by molar-refractivity contribution is 5.89. The van der Waals surface area contributed by atoms with Gasteiger partial charge in [0.25, 0.3) is 0 Å². The summed E-state index contributed by atoms with van der Waals surface area (Å²) in [6, 6.07) is 3.17. The van der Waals surface area contributed by atoms with Gasteiger partial charge in [-0.25, -0.2) is 4.79 Å². The van der Waals surface area contributed by atoms with Crippen LogP contribution in [0, 0.1) is 18.8 Å². The Hall–Kier alpha value is -2.11. The van der Waals surface area contributed by atoms with Crippen LogP contribution in [0.4, 0.5) is 10.5 Å². The van der Waals surface area contributed by atoms with Crippen molar-refractivity contribution in [3.05, 3.63) is 24.0 Å². The van der Waals surface area contributed by atoms with Crippen LogP contribution in [0.1, 0.15) is 32.4 Å². The second kappa shape index (κ2) is 8.24. The van der Waals surface area contributed by atoms with Gasteiger partial charge in [-0.15, -0.1) is 0 Å². The SMILES string of the molecule is Cc1ncccc1NC(=O)NCC(CC(=O)O)CC(C)C. The normalized spacial score (nSPS) is 12.0. The molecule has 1 aromatic heterocycles. The number of aromatic nitrogens is 1. The van der Waals surface area contributed by atoms with Crippen LogP contribution in [0.25, 0.3) is 0 Å². The lowest BCUT2D eigenvalue weighted by molar-refractivity contribution is -0.138. The minimum absolute atomic E-state index is 0.0599. The molecule has 3 N–H and O–H groups in total. The fourth-order valence-electron chi connectivity index (χ4n) is 2.17. The number of anilines is 1. The zero-order valence-corrected chi connectivity index (χ0v) is 12.7. The van der Waals surface area contributed by atoms with Gasteiger partial charge in [0.1, 0.15) is 0 Å². The van der Waals surface area contributed by atoms with Crippen molar-refractivity contribution in [3.8, 4) is 0 Å². The molecule has 0 aliphatic carbocycles. The third-order valence-corrected chi connectivity index (χ3v) is 3.07. The second-order valence-electron chi connectivity index (χ2n) is 5.56. The maximum atomic E-state index is 11.8. The summed E-state index contributed by atoms with van der Waals surface area (Å²) in [6.45, 7) is 6.22. The van der Waals surface area contributed by atoms with E-state index in [4.69, 9.17) is 5.11 Å². The van der Waals surface area contributed by atoms with Crippen LogP contribution >= 0.6 is 0 Å². The molecule has 0 spiro atoms. The minimum atomic E-state index is -0.842. The number of urea groups is 1. The molecule has 21 heavy (non-hydrogen) atoms. The molecule has 6 heteroatoms. The number of hydrogen-bond acceptors (Lipinski definition) is 3. The molecule has 1 rings (SSSR count). The molecule has 0 fully saturated rings. The Morgan fingerprint density at radius 3 is 2.67 bits per heavy atom. The van der Waals surface area contributed by atoms with Crippen molar-refractivity contribution in [1.29, 1.82) is 0 Å². The Morgan fingerprint density at radius 2 is 2.10 bits per heavy atom.